The molecule has 3 heterocycles. The van der Waals surface area contributed by atoms with Crippen molar-refractivity contribution in [2.45, 2.75) is 51.5 Å². The summed E-state index contributed by atoms with van der Waals surface area (Å²) in [5.74, 6) is -0.795. The number of piperidine rings is 1. The molecule has 164 valence electrons. The summed E-state index contributed by atoms with van der Waals surface area (Å²) in [6, 6.07) is 0. The van der Waals surface area contributed by atoms with Crippen LogP contribution in [0.15, 0.2) is 0 Å². The second kappa shape index (κ2) is 10.5. The smallest absolute Gasteiger partial charge is 0.475 e. The van der Waals surface area contributed by atoms with Gasteiger partial charge in [0.15, 0.2) is 5.82 Å². The predicted octanol–water partition coefficient (Wildman–Crippen LogP) is 1.28. The first-order valence-electron chi connectivity index (χ1n) is 9.42. The van der Waals surface area contributed by atoms with E-state index in [2.05, 4.69) is 19.7 Å². The van der Waals surface area contributed by atoms with Crippen LogP contribution in [0, 0.1) is 0 Å². The number of likely N-dealkylation sites (tertiary alicyclic amines) is 1. The zero-order valence-corrected chi connectivity index (χ0v) is 16.3. The summed E-state index contributed by atoms with van der Waals surface area (Å²) >= 11 is 0. The fourth-order valence-corrected chi connectivity index (χ4v) is 3.28. The van der Waals surface area contributed by atoms with E-state index in [9.17, 15) is 18.0 Å². The van der Waals surface area contributed by atoms with Gasteiger partial charge in [0.05, 0.1) is 13.1 Å². The molecule has 1 N–H and O–H groups in total. The van der Waals surface area contributed by atoms with Gasteiger partial charge in [0.25, 0.3) is 0 Å². The van der Waals surface area contributed by atoms with Crippen LogP contribution in [0.5, 0.6) is 0 Å². The topological polar surface area (TPSA) is 101 Å². The minimum absolute atomic E-state index is 0.0246. The Kier molecular flexibility index (Phi) is 8.38. The number of carboxylic acids is 1. The van der Waals surface area contributed by atoms with Crippen molar-refractivity contribution in [3.8, 4) is 0 Å². The molecule has 0 aliphatic carbocycles. The van der Waals surface area contributed by atoms with Crippen LogP contribution in [0.1, 0.15) is 37.3 Å². The highest BCUT2D eigenvalue weighted by molar-refractivity contribution is 5.77. The minimum Gasteiger partial charge on any atom is -0.475 e. The molecule has 9 nitrogen and oxygen atoms in total. The van der Waals surface area contributed by atoms with Gasteiger partial charge in [-0.1, -0.05) is 6.42 Å². The molecular formula is C17H26F3N5O4. The first-order valence-corrected chi connectivity index (χ1v) is 9.42. The summed E-state index contributed by atoms with van der Waals surface area (Å²) in [4.78, 5) is 25.2. The van der Waals surface area contributed by atoms with E-state index in [-0.39, 0.29) is 12.5 Å². The molecule has 1 aromatic rings. The van der Waals surface area contributed by atoms with Crippen molar-refractivity contribution in [3.05, 3.63) is 11.6 Å². The van der Waals surface area contributed by atoms with Crippen LogP contribution >= 0.6 is 0 Å². The molecule has 2 aliphatic rings. The van der Waals surface area contributed by atoms with E-state index < -0.39 is 12.1 Å². The van der Waals surface area contributed by atoms with E-state index >= 15 is 0 Å². The van der Waals surface area contributed by atoms with Crippen LogP contribution < -0.4 is 0 Å². The molecule has 2 aliphatic heterocycles. The Bertz CT molecular complexity index is 689. The third kappa shape index (κ3) is 6.96. The molecule has 0 unspecified atom stereocenters. The Morgan fingerprint density at radius 3 is 2.31 bits per heavy atom. The Labute approximate surface area is 166 Å². The van der Waals surface area contributed by atoms with E-state index in [1.807, 2.05) is 4.90 Å². The molecule has 12 heteroatoms. The predicted molar refractivity (Wildman–Crippen MR) is 94.8 cm³/mol. The van der Waals surface area contributed by atoms with Gasteiger partial charge >= 0.3 is 12.1 Å². The van der Waals surface area contributed by atoms with Crippen LogP contribution in [-0.4, -0.2) is 81.1 Å². The molecule has 1 amide bonds. The number of rotatable bonds is 4. The fourth-order valence-electron chi connectivity index (χ4n) is 3.28. The monoisotopic (exact) mass is 421 g/mol. The number of hydrogen-bond acceptors (Lipinski definition) is 6. The van der Waals surface area contributed by atoms with Crippen LogP contribution in [0.2, 0.25) is 0 Å². The number of carbonyl (C=O) groups excluding carboxylic acids is 1. The minimum atomic E-state index is -5.08. The Balaban J connectivity index is 0.000000370. The van der Waals surface area contributed by atoms with Crippen molar-refractivity contribution in [2.75, 3.05) is 33.4 Å². The van der Waals surface area contributed by atoms with Crippen molar-refractivity contribution in [3.63, 3.8) is 0 Å². The van der Waals surface area contributed by atoms with Crippen LogP contribution in [0.25, 0.3) is 0 Å². The molecule has 3 rings (SSSR count). The lowest BCUT2D eigenvalue weighted by Gasteiger charge is -2.25. The molecule has 0 bridgehead atoms. The summed E-state index contributed by atoms with van der Waals surface area (Å²) in [5, 5.41) is 15.8. The van der Waals surface area contributed by atoms with E-state index in [4.69, 9.17) is 14.6 Å². The fraction of sp³-hybridized carbons (Fsp3) is 0.765. The molecule has 0 radical (unpaired) electrons. The lowest BCUT2D eigenvalue weighted by molar-refractivity contribution is -0.192. The molecule has 1 saturated heterocycles. The van der Waals surface area contributed by atoms with Gasteiger partial charge < -0.3 is 19.3 Å². The average molecular weight is 421 g/mol. The number of aromatic nitrogens is 3. The number of aliphatic carboxylic acids is 1. The number of amides is 1. The van der Waals surface area contributed by atoms with Crippen LogP contribution in [0.3, 0.4) is 0 Å². The van der Waals surface area contributed by atoms with Crippen LogP contribution in [0.4, 0.5) is 13.2 Å². The highest BCUT2D eigenvalue weighted by Gasteiger charge is 2.38. The van der Waals surface area contributed by atoms with Crippen molar-refractivity contribution in [1.29, 1.82) is 0 Å². The largest absolute Gasteiger partial charge is 0.490 e. The van der Waals surface area contributed by atoms with Crippen molar-refractivity contribution in [1.82, 2.24) is 24.6 Å². The summed E-state index contributed by atoms with van der Waals surface area (Å²) < 4.78 is 38.9. The van der Waals surface area contributed by atoms with Gasteiger partial charge in [-0.25, -0.2) is 4.79 Å². The van der Waals surface area contributed by atoms with Crippen molar-refractivity contribution >= 4 is 11.9 Å². The Morgan fingerprint density at radius 2 is 1.72 bits per heavy atom. The zero-order valence-electron chi connectivity index (χ0n) is 16.3. The molecule has 1 fully saturated rings. The third-order valence-corrected chi connectivity index (χ3v) is 4.72. The van der Waals surface area contributed by atoms with E-state index in [0.29, 0.717) is 6.54 Å². The maximum atomic E-state index is 12.0. The Hall–Kier alpha value is -2.21. The number of alkyl halides is 3. The summed E-state index contributed by atoms with van der Waals surface area (Å²) in [6.45, 7) is 5.50. The van der Waals surface area contributed by atoms with Gasteiger partial charge in [-0.15, -0.1) is 10.2 Å². The first kappa shape index (κ1) is 23.1. The van der Waals surface area contributed by atoms with Gasteiger partial charge in [-0.05, 0) is 32.4 Å². The van der Waals surface area contributed by atoms with Crippen molar-refractivity contribution in [2.24, 2.45) is 0 Å². The normalized spacial score (nSPS) is 17.7. The zero-order chi connectivity index (χ0) is 21.4. The number of methoxy groups -OCH3 is 1. The second-order valence-corrected chi connectivity index (χ2v) is 6.93. The lowest BCUT2D eigenvalue weighted by Crippen LogP contribution is -2.33. The van der Waals surface area contributed by atoms with E-state index in [0.717, 1.165) is 50.8 Å². The molecule has 29 heavy (non-hydrogen) atoms. The highest BCUT2D eigenvalue weighted by Crippen LogP contribution is 2.16. The highest BCUT2D eigenvalue weighted by atomic mass is 19.4. The molecule has 0 spiro atoms. The lowest BCUT2D eigenvalue weighted by atomic mass is 10.1. The van der Waals surface area contributed by atoms with Crippen molar-refractivity contribution < 1.29 is 32.6 Å². The standard InChI is InChI=1S/C15H25N5O2.C2HF3O2/c1-22-12-15(21)19-8-5-9-20-13(16-17-14(20)11-19)10-18-6-3-2-4-7-18;3-2(4,5)1(6)7/h2-12H2,1H3;(H,6,7). The van der Waals surface area contributed by atoms with Gasteiger partial charge in [0.1, 0.15) is 12.4 Å². The number of halogens is 3. The summed E-state index contributed by atoms with van der Waals surface area (Å²) in [6.07, 6.45) is -0.251. The summed E-state index contributed by atoms with van der Waals surface area (Å²) in [5.41, 5.74) is 0. The van der Waals surface area contributed by atoms with E-state index in [1.54, 1.807) is 7.11 Å². The number of fused-ring (bicyclic) bond motifs is 1. The molecule has 0 aromatic carbocycles. The molecule has 0 saturated carbocycles. The average Bonchev–Trinajstić information content (AvgIpc) is 2.90. The summed E-state index contributed by atoms with van der Waals surface area (Å²) in [7, 11) is 1.55. The maximum absolute atomic E-state index is 12.0. The maximum Gasteiger partial charge on any atom is 0.490 e. The molecular weight excluding hydrogens is 395 g/mol. The quantitative estimate of drug-likeness (QED) is 0.782. The number of nitrogens with zero attached hydrogens (tertiary/aromatic N) is 5. The Morgan fingerprint density at radius 1 is 1.07 bits per heavy atom. The number of carboxylic acid groups (broad SMARTS) is 1. The number of hydrogen-bond donors (Lipinski definition) is 1. The molecule has 1 aromatic heterocycles. The number of carbonyl (C=O) groups is 2. The van der Waals surface area contributed by atoms with Gasteiger partial charge in [0.2, 0.25) is 5.91 Å². The van der Waals surface area contributed by atoms with Gasteiger partial charge in [-0.2, -0.15) is 13.2 Å². The number of ether oxygens (including phenoxy) is 1. The third-order valence-electron chi connectivity index (χ3n) is 4.72. The molecule has 0 atom stereocenters. The first-order chi connectivity index (χ1) is 13.7. The van der Waals surface area contributed by atoms with E-state index in [1.165, 1.54) is 19.3 Å². The SMILES string of the molecule is COCC(=O)N1CCCn2c(CN3CCCCC3)nnc2C1.O=C(O)C(F)(F)F. The van der Waals surface area contributed by atoms with Gasteiger partial charge in [-0.3, -0.25) is 9.69 Å². The van der Waals surface area contributed by atoms with Gasteiger partial charge in [0, 0.05) is 20.2 Å². The second-order valence-electron chi connectivity index (χ2n) is 6.93. The van der Waals surface area contributed by atoms with Crippen LogP contribution in [-0.2, 0) is 34.0 Å².